The van der Waals surface area contributed by atoms with Crippen LogP contribution in [-0.2, 0) is 4.79 Å². The molecule has 0 unspecified atom stereocenters. The Labute approximate surface area is 94.6 Å². The zero-order chi connectivity index (χ0) is 11.5. The van der Waals surface area contributed by atoms with Crippen molar-refractivity contribution < 1.29 is 4.79 Å². The van der Waals surface area contributed by atoms with E-state index in [1.54, 1.807) is 13.8 Å². The first-order valence-corrected chi connectivity index (χ1v) is 5.22. The van der Waals surface area contributed by atoms with Gasteiger partial charge in [0, 0.05) is 5.39 Å². The van der Waals surface area contributed by atoms with Crippen molar-refractivity contribution >= 4 is 22.8 Å². The summed E-state index contributed by atoms with van der Waals surface area (Å²) in [6.45, 7) is 3.37. The predicted molar refractivity (Wildman–Crippen MR) is 66.1 cm³/mol. The van der Waals surface area contributed by atoms with Crippen molar-refractivity contribution in [3.8, 4) is 0 Å². The van der Waals surface area contributed by atoms with E-state index in [1.807, 2.05) is 42.5 Å². The summed E-state index contributed by atoms with van der Waals surface area (Å²) in [6, 6.07) is 11.9. The zero-order valence-electron chi connectivity index (χ0n) is 9.40. The second kappa shape index (κ2) is 4.27. The summed E-state index contributed by atoms with van der Waals surface area (Å²) in [6.07, 6.45) is 1.81. The third-order valence-electron chi connectivity index (χ3n) is 2.54. The number of carbonyl (C=O) groups is 1. The van der Waals surface area contributed by atoms with Crippen molar-refractivity contribution in [2.75, 3.05) is 0 Å². The number of aromatic nitrogens is 1. The van der Waals surface area contributed by atoms with E-state index in [0.29, 0.717) is 0 Å². The molecule has 0 radical (unpaired) electrons. The smallest absolute Gasteiger partial charge is 0.155 e. The Morgan fingerprint density at radius 1 is 1.12 bits per heavy atom. The average molecular weight is 211 g/mol. The summed E-state index contributed by atoms with van der Waals surface area (Å²) in [5, 5.41) is 1.11. The van der Waals surface area contributed by atoms with Crippen LogP contribution >= 0.6 is 0 Å². The molecule has 0 aliphatic carbocycles. The fourth-order valence-electron chi connectivity index (χ4n) is 1.49. The number of carbonyl (C=O) groups excluding carboxylic acids is 1. The molecule has 80 valence electrons. The molecule has 0 atom stereocenters. The number of fused-ring (bicyclic) bond motifs is 1. The van der Waals surface area contributed by atoms with Gasteiger partial charge < -0.3 is 0 Å². The lowest BCUT2D eigenvalue weighted by Gasteiger charge is -1.99. The molecule has 1 aromatic carbocycles. The van der Waals surface area contributed by atoms with Crippen LogP contribution in [0.25, 0.3) is 17.0 Å². The Kier molecular flexibility index (Phi) is 2.82. The van der Waals surface area contributed by atoms with Crippen LogP contribution in [-0.4, -0.2) is 10.8 Å². The molecule has 0 spiro atoms. The summed E-state index contributed by atoms with van der Waals surface area (Å²) in [5.41, 5.74) is 2.50. The van der Waals surface area contributed by atoms with Crippen molar-refractivity contribution in [3.63, 3.8) is 0 Å². The lowest BCUT2D eigenvalue weighted by atomic mass is 10.1. The summed E-state index contributed by atoms with van der Waals surface area (Å²) in [5.74, 6) is 0.0787. The highest BCUT2D eigenvalue weighted by molar-refractivity contribution is 5.97. The van der Waals surface area contributed by atoms with Gasteiger partial charge in [0.05, 0.1) is 11.2 Å². The number of allylic oxidation sites excluding steroid dienone is 1. The van der Waals surface area contributed by atoms with E-state index in [9.17, 15) is 4.79 Å². The van der Waals surface area contributed by atoms with Gasteiger partial charge in [0.15, 0.2) is 5.78 Å². The monoisotopic (exact) mass is 211 g/mol. The summed E-state index contributed by atoms with van der Waals surface area (Å²) in [4.78, 5) is 15.6. The fourth-order valence-corrected chi connectivity index (χ4v) is 1.49. The molecule has 1 aromatic heterocycles. The second-order valence-electron chi connectivity index (χ2n) is 3.81. The van der Waals surface area contributed by atoms with Crippen LogP contribution in [0.5, 0.6) is 0 Å². The molecule has 0 aliphatic heterocycles. The Morgan fingerprint density at radius 2 is 1.88 bits per heavy atom. The lowest BCUT2D eigenvalue weighted by Crippen LogP contribution is -1.92. The molecular formula is C14H13NO. The number of hydrogen-bond donors (Lipinski definition) is 0. The molecule has 0 fully saturated rings. The second-order valence-corrected chi connectivity index (χ2v) is 3.81. The van der Waals surface area contributed by atoms with Gasteiger partial charge in [0.25, 0.3) is 0 Å². The molecule has 2 rings (SSSR count). The SMILES string of the molecule is CC(=O)/C(C)=C/c1ccc2ccccc2n1. The summed E-state index contributed by atoms with van der Waals surface area (Å²) < 4.78 is 0. The first-order chi connectivity index (χ1) is 7.66. The van der Waals surface area contributed by atoms with E-state index in [-0.39, 0.29) is 5.78 Å². The number of hydrogen-bond acceptors (Lipinski definition) is 2. The third kappa shape index (κ3) is 2.16. The fraction of sp³-hybridized carbons (Fsp3) is 0.143. The number of para-hydroxylation sites is 1. The Balaban J connectivity index is 2.47. The van der Waals surface area contributed by atoms with Gasteiger partial charge in [-0.1, -0.05) is 24.3 Å². The van der Waals surface area contributed by atoms with E-state index in [1.165, 1.54) is 0 Å². The quantitative estimate of drug-likeness (QED) is 0.714. The van der Waals surface area contributed by atoms with E-state index in [0.717, 1.165) is 22.2 Å². The third-order valence-corrected chi connectivity index (χ3v) is 2.54. The molecule has 0 amide bonds. The van der Waals surface area contributed by atoms with Gasteiger partial charge in [-0.05, 0) is 37.6 Å². The highest BCUT2D eigenvalue weighted by Crippen LogP contribution is 2.13. The van der Waals surface area contributed by atoms with Gasteiger partial charge in [-0.25, -0.2) is 4.98 Å². The average Bonchev–Trinajstić information content (AvgIpc) is 2.28. The first-order valence-electron chi connectivity index (χ1n) is 5.22. The minimum Gasteiger partial charge on any atom is -0.295 e. The minimum atomic E-state index is 0.0787. The molecule has 0 saturated carbocycles. The molecule has 1 heterocycles. The number of nitrogens with zero attached hydrogens (tertiary/aromatic N) is 1. The van der Waals surface area contributed by atoms with Crippen molar-refractivity contribution in [1.82, 2.24) is 4.98 Å². The number of rotatable bonds is 2. The van der Waals surface area contributed by atoms with Crippen molar-refractivity contribution in [3.05, 3.63) is 47.7 Å². The first kappa shape index (κ1) is 10.6. The molecule has 0 saturated heterocycles. The van der Waals surface area contributed by atoms with Crippen LogP contribution in [0.4, 0.5) is 0 Å². The molecular weight excluding hydrogens is 198 g/mol. The maximum Gasteiger partial charge on any atom is 0.155 e. The van der Waals surface area contributed by atoms with Crippen LogP contribution in [0, 0.1) is 0 Å². The standard InChI is InChI=1S/C14H13NO/c1-10(11(2)16)9-13-8-7-12-5-3-4-6-14(12)15-13/h3-9H,1-2H3/b10-9+. The van der Waals surface area contributed by atoms with Gasteiger partial charge in [0.2, 0.25) is 0 Å². The van der Waals surface area contributed by atoms with E-state index >= 15 is 0 Å². The number of Topliss-reactive ketones (excluding diaryl/α,β-unsaturated/α-hetero) is 1. The lowest BCUT2D eigenvalue weighted by molar-refractivity contribution is -0.113. The topological polar surface area (TPSA) is 30.0 Å². The summed E-state index contributed by atoms with van der Waals surface area (Å²) in [7, 11) is 0. The molecule has 0 aliphatic rings. The maximum absolute atomic E-state index is 11.1. The van der Waals surface area contributed by atoms with Crippen LogP contribution < -0.4 is 0 Å². The Morgan fingerprint density at radius 3 is 2.62 bits per heavy atom. The normalized spacial score (nSPS) is 11.8. The molecule has 2 heteroatoms. The van der Waals surface area contributed by atoms with Crippen molar-refractivity contribution in [2.24, 2.45) is 0 Å². The molecule has 2 aromatic rings. The number of ketones is 1. The van der Waals surface area contributed by atoms with Gasteiger partial charge in [-0.2, -0.15) is 0 Å². The molecule has 2 nitrogen and oxygen atoms in total. The van der Waals surface area contributed by atoms with Crippen molar-refractivity contribution in [2.45, 2.75) is 13.8 Å². The van der Waals surface area contributed by atoms with Gasteiger partial charge in [-0.3, -0.25) is 4.79 Å². The molecule has 16 heavy (non-hydrogen) atoms. The van der Waals surface area contributed by atoms with Crippen LogP contribution in [0.15, 0.2) is 42.0 Å². The van der Waals surface area contributed by atoms with Gasteiger partial charge in [-0.15, -0.1) is 0 Å². The number of pyridine rings is 1. The molecule has 0 bridgehead atoms. The highest BCUT2D eigenvalue weighted by atomic mass is 16.1. The predicted octanol–water partition coefficient (Wildman–Crippen LogP) is 3.23. The summed E-state index contributed by atoms with van der Waals surface area (Å²) >= 11 is 0. The molecule has 0 N–H and O–H groups in total. The maximum atomic E-state index is 11.1. The van der Waals surface area contributed by atoms with E-state index in [2.05, 4.69) is 4.98 Å². The largest absolute Gasteiger partial charge is 0.295 e. The number of benzene rings is 1. The van der Waals surface area contributed by atoms with Crippen LogP contribution in [0.2, 0.25) is 0 Å². The minimum absolute atomic E-state index is 0.0787. The van der Waals surface area contributed by atoms with E-state index < -0.39 is 0 Å². The van der Waals surface area contributed by atoms with Crippen LogP contribution in [0.3, 0.4) is 0 Å². The Bertz CT molecular complexity index is 570. The van der Waals surface area contributed by atoms with Crippen LogP contribution in [0.1, 0.15) is 19.5 Å². The van der Waals surface area contributed by atoms with E-state index in [4.69, 9.17) is 0 Å². The highest BCUT2D eigenvalue weighted by Gasteiger charge is 1.99. The Hall–Kier alpha value is -1.96. The van der Waals surface area contributed by atoms with Crippen molar-refractivity contribution in [1.29, 1.82) is 0 Å². The van der Waals surface area contributed by atoms with Gasteiger partial charge in [0.1, 0.15) is 0 Å². The van der Waals surface area contributed by atoms with Gasteiger partial charge >= 0.3 is 0 Å². The zero-order valence-corrected chi connectivity index (χ0v) is 9.40.